The van der Waals surface area contributed by atoms with Gasteiger partial charge in [-0.15, -0.1) is 0 Å². The molecule has 1 spiro atoms. The SMILES string of the molecule is NC(=O)C[C@H]1N[C@]2(C(=O)Nc3ccc(F)cc32)[C@@H]2C(=O)N(Cc3ccc4c(c3)OCO4)C(=O)[C@@H]21. The van der Waals surface area contributed by atoms with E-state index in [9.17, 15) is 23.6 Å². The van der Waals surface area contributed by atoms with Crippen LogP contribution in [0, 0.1) is 17.7 Å². The number of primary amides is 1. The molecule has 0 unspecified atom stereocenters. The topological polar surface area (TPSA) is 140 Å². The molecule has 10 nitrogen and oxygen atoms in total. The number of nitrogens with one attached hydrogen (secondary N) is 2. The van der Waals surface area contributed by atoms with Crippen LogP contribution in [0.3, 0.4) is 0 Å². The van der Waals surface area contributed by atoms with E-state index in [4.69, 9.17) is 15.2 Å². The van der Waals surface area contributed by atoms with Crippen molar-refractivity contribution in [1.29, 1.82) is 0 Å². The summed E-state index contributed by atoms with van der Waals surface area (Å²) in [6, 6.07) is 7.97. The predicted octanol–water partition coefficient (Wildman–Crippen LogP) is 0.350. The van der Waals surface area contributed by atoms with E-state index in [1.807, 2.05) is 0 Å². The third-order valence-electron chi connectivity index (χ3n) is 6.97. The molecule has 2 aromatic rings. The van der Waals surface area contributed by atoms with Crippen LogP contribution in [0.4, 0.5) is 10.1 Å². The van der Waals surface area contributed by atoms with Crippen LogP contribution in [-0.4, -0.2) is 41.4 Å². The summed E-state index contributed by atoms with van der Waals surface area (Å²) in [6.45, 7) is 0.0247. The van der Waals surface area contributed by atoms with Crippen molar-refractivity contribution >= 4 is 29.3 Å². The summed E-state index contributed by atoms with van der Waals surface area (Å²) in [7, 11) is 0. The van der Waals surface area contributed by atoms with Gasteiger partial charge in [-0.2, -0.15) is 0 Å². The number of nitrogens with two attached hydrogens (primary N) is 1. The summed E-state index contributed by atoms with van der Waals surface area (Å²) in [6.07, 6.45) is -0.266. The van der Waals surface area contributed by atoms with E-state index in [1.165, 1.54) is 18.2 Å². The highest BCUT2D eigenvalue weighted by molar-refractivity contribution is 6.15. The average Bonchev–Trinajstić information content (AvgIpc) is 3.51. The van der Waals surface area contributed by atoms with E-state index < -0.39 is 52.9 Å². The molecule has 2 saturated heterocycles. The molecular formula is C23H19FN4O6. The van der Waals surface area contributed by atoms with Crippen LogP contribution in [0.25, 0.3) is 0 Å². The molecule has 174 valence electrons. The van der Waals surface area contributed by atoms with Crippen LogP contribution >= 0.6 is 0 Å². The molecule has 0 aromatic heterocycles. The van der Waals surface area contributed by atoms with Gasteiger partial charge >= 0.3 is 0 Å². The van der Waals surface area contributed by atoms with Gasteiger partial charge in [0.1, 0.15) is 11.4 Å². The summed E-state index contributed by atoms with van der Waals surface area (Å²) < 4.78 is 24.9. The van der Waals surface area contributed by atoms with Gasteiger partial charge in [-0.3, -0.25) is 29.4 Å². The number of benzene rings is 2. The zero-order valence-electron chi connectivity index (χ0n) is 17.7. The standard InChI is InChI=1S/C23H19FN4O6/c24-11-2-3-13-12(6-11)23(22(32)26-13)19-18(14(27-23)7-17(25)29)20(30)28(21(19)31)8-10-1-4-15-16(5-10)34-9-33-15/h1-6,14,18-19,27H,7-9H2,(H2,25,29)(H,26,32)/t14-,18-,19+,23+/m1/s1. The number of carbonyl (C=O) groups excluding carboxylic acids is 4. The van der Waals surface area contributed by atoms with Gasteiger partial charge in [-0.1, -0.05) is 6.07 Å². The van der Waals surface area contributed by atoms with Crippen LogP contribution in [0.1, 0.15) is 17.5 Å². The number of rotatable bonds is 4. The number of imide groups is 1. The van der Waals surface area contributed by atoms with Crippen molar-refractivity contribution in [2.45, 2.75) is 24.5 Å². The number of amides is 4. The molecule has 2 aromatic carbocycles. The maximum Gasteiger partial charge on any atom is 0.250 e. The molecule has 4 N–H and O–H groups in total. The summed E-state index contributed by atoms with van der Waals surface area (Å²) in [5.41, 5.74) is 4.91. The van der Waals surface area contributed by atoms with E-state index in [0.29, 0.717) is 22.7 Å². The monoisotopic (exact) mass is 466 g/mol. The lowest BCUT2D eigenvalue weighted by Crippen LogP contribution is -2.53. The van der Waals surface area contributed by atoms with Crippen molar-refractivity contribution in [1.82, 2.24) is 10.2 Å². The van der Waals surface area contributed by atoms with Crippen LogP contribution in [0.2, 0.25) is 0 Å². The van der Waals surface area contributed by atoms with Gasteiger partial charge < -0.3 is 20.5 Å². The second kappa shape index (κ2) is 7.00. The van der Waals surface area contributed by atoms with E-state index >= 15 is 0 Å². The van der Waals surface area contributed by atoms with Gasteiger partial charge in [-0.25, -0.2) is 4.39 Å². The first-order valence-electron chi connectivity index (χ1n) is 10.7. The number of fused-ring (bicyclic) bond motifs is 5. The van der Waals surface area contributed by atoms with Crippen LogP contribution < -0.4 is 25.8 Å². The van der Waals surface area contributed by atoms with Gasteiger partial charge in [0.05, 0.1) is 18.4 Å². The van der Waals surface area contributed by atoms with E-state index in [-0.39, 0.29) is 25.3 Å². The quantitative estimate of drug-likeness (QED) is 0.553. The van der Waals surface area contributed by atoms with Gasteiger partial charge in [-0.05, 0) is 35.9 Å². The molecule has 6 rings (SSSR count). The van der Waals surface area contributed by atoms with E-state index in [0.717, 1.165) is 4.90 Å². The lowest BCUT2D eigenvalue weighted by atomic mass is 9.76. The Hall–Kier alpha value is -3.99. The van der Waals surface area contributed by atoms with Crippen LogP contribution in [0.5, 0.6) is 11.5 Å². The van der Waals surface area contributed by atoms with Gasteiger partial charge in [0.25, 0.3) is 0 Å². The van der Waals surface area contributed by atoms with E-state index in [2.05, 4.69) is 10.6 Å². The van der Waals surface area contributed by atoms with Crippen LogP contribution in [-0.2, 0) is 31.3 Å². The van der Waals surface area contributed by atoms with Crippen molar-refractivity contribution in [2.75, 3.05) is 12.1 Å². The number of halogens is 1. The lowest BCUT2D eigenvalue weighted by Gasteiger charge is -2.29. The van der Waals surface area contributed by atoms with Crippen LogP contribution in [0.15, 0.2) is 36.4 Å². The fraction of sp³-hybridized carbons (Fsp3) is 0.304. The average molecular weight is 466 g/mol. The Kier molecular flexibility index (Phi) is 4.24. The molecule has 11 heteroatoms. The van der Waals surface area contributed by atoms with Gasteiger partial charge in [0, 0.05) is 23.7 Å². The summed E-state index contributed by atoms with van der Waals surface area (Å²) >= 11 is 0. The minimum atomic E-state index is -1.70. The number of nitrogens with zero attached hydrogens (tertiary/aromatic N) is 1. The zero-order chi connectivity index (χ0) is 23.8. The maximum atomic E-state index is 14.2. The fourth-order valence-corrected chi connectivity index (χ4v) is 5.60. The molecule has 2 fully saturated rings. The Morgan fingerprint density at radius 1 is 1.12 bits per heavy atom. The Morgan fingerprint density at radius 2 is 1.91 bits per heavy atom. The fourth-order valence-electron chi connectivity index (χ4n) is 5.60. The Balaban J connectivity index is 1.42. The molecule has 4 aliphatic rings. The lowest BCUT2D eigenvalue weighted by molar-refractivity contribution is -0.143. The Bertz CT molecular complexity index is 1300. The Morgan fingerprint density at radius 3 is 2.71 bits per heavy atom. The van der Waals surface area contributed by atoms with Gasteiger partial charge in [0.15, 0.2) is 11.5 Å². The van der Waals surface area contributed by atoms with Crippen molar-refractivity contribution in [3.8, 4) is 11.5 Å². The first-order chi connectivity index (χ1) is 16.3. The molecule has 0 aliphatic carbocycles. The molecule has 4 heterocycles. The minimum absolute atomic E-state index is 0.0572. The highest BCUT2D eigenvalue weighted by Crippen LogP contribution is 2.53. The first kappa shape index (κ1) is 20.6. The summed E-state index contributed by atoms with van der Waals surface area (Å²) in [4.78, 5) is 53.3. The summed E-state index contributed by atoms with van der Waals surface area (Å²) in [5, 5.41) is 5.70. The second-order valence-electron chi connectivity index (χ2n) is 8.83. The second-order valence-corrected chi connectivity index (χ2v) is 8.83. The van der Waals surface area contributed by atoms with E-state index in [1.54, 1.807) is 18.2 Å². The summed E-state index contributed by atoms with van der Waals surface area (Å²) in [5.74, 6) is -4.11. The number of ether oxygens (including phenoxy) is 2. The molecule has 0 saturated carbocycles. The number of hydrogen-bond donors (Lipinski definition) is 3. The third-order valence-corrected chi connectivity index (χ3v) is 6.97. The molecule has 4 atom stereocenters. The molecule has 0 radical (unpaired) electrons. The van der Waals surface area contributed by atoms with Crippen molar-refractivity contribution in [3.63, 3.8) is 0 Å². The number of carbonyl (C=O) groups is 4. The smallest absolute Gasteiger partial charge is 0.250 e. The minimum Gasteiger partial charge on any atom is -0.454 e. The molecular weight excluding hydrogens is 447 g/mol. The highest BCUT2D eigenvalue weighted by Gasteiger charge is 2.70. The molecule has 4 aliphatic heterocycles. The third kappa shape index (κ3) is 2.70. The maximum absolute atomic E-state index is 14.2. The highest BCUT2D eigenvalue weighted by atomic mass is 19.1. The predicted molar refractivity (Wildman–Crippen MR) is 113 cm³/mol. The molecule has 4 amide bonds. The Labute approximate surface area is 192 Å². The number of hydrogen-bond acceptors (Lipinski definition) is 7. The van der Waals surface area contributed by atoms with Crippen molar-refractivity contribution < 1.29 is 33.0 Å². The first-order valence-corrected chi connectivity index (χ1v) is 10.7. The molecule has 0 bridgehead atoms. The largest absolute Gasteiger partial charge is 0.454 e. The molecule has 34 heavy (non-hydrogen) atoms. The van der Waals surface area contributed by atoms with Gasteiger partial charge in [0.2, 0.25) is 30.4 Å². The van der Waals surface area contributed by atoms with Crippen molar-refractivity contribution in [2.24, 2.45) is 17.6 Å². The number of likely N-dealkylation sites (tertiary alicyclic amines) is 1. The zero-order valence-corrected chi connectivity index (χ0v) is 17.7. The normalized spacial score (nSPS) is 28.4. The number of anilines is 1. The van der Waals surface area contributed by atoms with Crippen molar-refractivity contribution in [3.05, 3.63) is 53.3 Å².